The van der Waals surface area contributed by atoms with E-state index in [0.29, 0.717) is 23.9 Å². The Labute approximate surface area is 547 Å². The van der Waals surface area contributed by atoms with Crippen LogP contribution in [0, 0.1) is 0 Å². The summed E-state index contributed by atoms with van der Waals surface area (Å²) in [5.74, 6) is 2.27. The molecule has 484 valence electrons. The molecule has 0 bridgehead atoms. The van der Waals surface area contributed by atoms with Gasteiger partial charge in [0.1, 0.15) is 17.5 Å². The van der Waals surface area contributed by atoms with Crippen LogP contribution in [0.1, 0.15) is 170 Å². The number of rotatable bonds is 11. The standard InChI is InChI=1S/C25H35N5O2S.C19H23BrN4OS.C16H19N5OS.C6H13NO/c1-25(2,3)29-22-15-19(27-16-7-9-17(31)10-8-16)24-18(28-22)14-21(33-24)20-11-12-26-30(20)23-6-4-5-13-32-23;1-19(2,3)23-16-10-12(20)18-13(22-16)11-15(26-18)14-7-8-21-24(14)17-6-4-5-9-25-17;17-15-8-13(19-9-1-3-10(22)4-2-9)16-12(20-15)7-14(23-16)11-5-6-18-21-11;7-5-1-3-6(8)4-2-5/h11-12,14-17,23,31H,4-10,13H2,1-3H3,(H2,27,28,29);7-8,10-11,17H,4-6,9H2,1-3H3,(H,22,23);5-10,22H,1-4H2,(H,18,21)(H3,17,19,20);5-6,8H,1-4,7H2. The van der Waals surface area contributed by atoms with Crippen LogP contribution >= 0.6 is 49.9 Å². The Balaban J connectivity index is 0.000000132. The number of H-pyrrole nitrogens is 1. The maximum atomic E-state index is 9.91. The molecule has 5 aliphatic rings. The molecule has 5 fully saturated rings. The highest BCUT2D eigenvalue weighted by atomic mass is 79.9. The number of anilines is 5. The smallest absolute Gasteiger partial charge is 0.150 e. The van der Waals surface area contributed by atoms with Crippen molar-refractivity contribution in [3.8, 4) is 31.7 Å². The summed E-state index contributed by atoms with van der Waals surface area (Å²) in [5, 5.41) is 59.0. The Kier molecular flexibility index (Phi) is 21.5. The number of fused-ring (bicyclic) bond motifs is 3. The number of hydrogen-bond acceptors (Lipinski definition) is 20. The number of nitrogens with zero attached hydrogens (tertiary/aromatic N) is 8. The summed E-state index contributed by atoms with van der Waals surface area (Å²) in [5.41, 5.74) is 19.6. The Bertz CT molecular complexity index is 3730. The van der Waals surface area contributed by atoms with Gasteiger partial charge >= 0.3 is 0 Å². The van der Waals surface area contributed by atoms with Crippen LogP contribution in [0.3, 0.4) is 0 Å². The molecule has 3 aliphatic carbocycles. The predicted octanol–water partition coefficient (Wildman–Crippen LogP) is 14.8. The van der Waals surface area contributed by atoms with Crippen molar-refractivity contribution in [1.29, 1.82) is 0 Å². The number of ether oxygens (including phenoxy) is 2. The number of nitrogen functional groups attached to an aromatic ring is 1. The van der Waals surface area contributed by atoms with Gasteiger partial charge in [0, 0.05) is 77.6 Å². The lowest BCUT2D eigenvalue weighted by molar-refractivity contribution is -0.0384. The Hall–Kier alpha value is -5.80. The zero-order valence-corrected chi connectivity index (χ0v) is 56.7. The Morgan fingerprint density at radius 2 is 1.00 bits per heavy atom. The van der Waals surface area contributed by atoms with Crippen LogP contribution in [-0.4, -0.2) is 121 Å². The number of aromatic nitrogens is 9. The first-order valence-electron chi connectivity index (χ1n) is 32.2. The van der Waals surface area contributed by atoms with Gasteiger partial charge in [-0.15, -0.1) is 34.0 Å². The molecular weight excluding hydrogens is 1260 g/mol. The van der Waals surface area contributed by atoms with Crippen molar-refractivity contribution in [1.82, 2.24) is 44.7 Å². The molecule has 0 aromatic carbocycles. The van der Waals surface area contributed by atoms with E-state index in [0.717, 1.165) is 206 Å². The van der Waals surface area contributed by atoms with Crippen LogP contribution in [-0.2, 0) is 9.47 Å². The highest BCUT2D eigenvalue weighted by Crippen LogP contribution is 2.43. The van der Waals surface area contributed by atoms with Crippen LogP contribution in [0.2, 0.25) is 0 Å². The van der Waals surface area contributed by atoms with Crippen molar-refractivity contribution in [3.05, 3.63) is 77.7 Å². The van der Waals surface area contributed by atoms with E-state index in [2.05, 4.69) is 141 Å². The van der Waals surface area contributed by atoms with E-state index >= 15 is 0 Å². The molecule has 2 atom stereocenters. The number of nitrogens with one attached hydrogen (secondary N) is 5. The molecule has 24 heteroatoms. The molecular formula is C66H90BrN15O5S3. The van der Waals surface area contributed by atoms with Crippen LogP contribution in [0.5, 0.6) is 0 Å². The summed E-state index contributed by atoms with van der Waals surface area (Å²) >= 11 is 8.88. The second-order valence-electron chi connectivity index (χ2n) is 26.7. The maximum absolute atomic E-state index is 9.91. The summed E-state index contributed by atoms with van der Waals surface area (Å²) in [6.45, 7) is 14.5. The zero-order valence-electron chi connectivity index (χ0n) is 52.7. The molecule has 9 aromatic rings. The maximum Gasteiger partial charge on any atom is 0.150 e. The molecule has 0 spiro atoms. The fraction of sp³-hybridized carbons (Fsp3) is 0.545. The minimum Gasteiger partial charge on any atom is -0.393 e. The highest BCUT2D eigenvalue weighted by Gasteiger charge is 2.27. The summed E-state index contributed by atoms with van der Waals surface area (Å²) < 4.78 is 20.5. The molecule has 90 heavy (non-hydrogen) atoms. The molecule has 14 rings (SSSR count). The van der Waals surface area contributed by atoms with E-state index in [1.807, 2.05) is 40.0 Å². The van der Waals surface area contributed by atoms with Crippen molar-refractivity contribution in [2.45, 2.75) is 217 Å². The third kappa shape index (κ3) is 17.3. The zero-order chi connectivity index (χ0) is 63.1. The molecule has 0 radical (unpaired) electrons. The lowest BCUT2D eigenvalue weighted by Crippen LogP contribution is -2.29. The molecule has 9 aromatic heterocycles. The van der Waals surface area contributed by atoms with E-state index in [-0.39, 0.29) is 41.8 Å². The summed E-state index contributed by atoms with van der Waals surface area (Å²) in [7, 11) is 0. The molecule has 0 amide bonds. The van der Waals surface area contributed by atoms with Gasteiger partial charge in [0.15, 0.2) is 12.5 Å². The Morgan fingerprint density at radius 1 is 0.544 bits per heavy atom. The third-order valence-corrected chi connectivity index (χ3v) is 21.2. The van der Waals surface area contributed by atoms with Crippen LogP contribution in [0.25, 0.3) is 62.4 Å². The lowest BCUT2D eigenvalue weighted by Gasteiger charge is -2.28. The van der Waals surface area contributed by atoms with Gasteiger partial charge in [-0.3, -0.25) is 5.10 Å². The van der Waals surface area contributed by atoms with Crippen molar-refractivity contribution < 1.29 is 24.8 Å². The van der Waals surface area contributed by atoms with E-state index in [9.17, 15) is 10.2 Å². The van der Waals surface area contributed by atoms with Crippen molar-refractivity contribution in [2.24, 2.45) is 5.73 Å². The predicted molar refractivity (Wildman–Crippen MR) is 372 cm³/mol. The van der Waals surface area contributed by atoms with Gasteiger partial charge in [0.05, 0.1) is 92.0 Å². The molecule has 2 unspecified atom stereocenters. The average molecular weight is 1350 g/mol. The van der Waals surface area contributed by atoms with Gasteiger partial charge in [0.25, 0.3) is 0 Å². The average Bonchev–Trinajstić information content (AvgIpc) is 1.80. The Morgan fingerprint density at radius 3 is 1.48 bits per heavy atom. The quantitative estimate of drug-likeness (QED) is 0.0576. The number of aromatic amines is 1. The van der Waals surface area contributed by atoms with Crippen LogP contribution in [0.4, 0.5) is 28.8 Å². The number of pyridine rings is 3. The minimum absolute atomic E-state index is 0.00583. The first-order valence-corrected chi connectivity index (χ1v) is 35.4. The largest absolute Gasteiger partial charge is 0.393 e. The number of thiophene rings is 3. The lowest BCUT2D eigenvalue weighted by atomic mass is 9.93. The second kappa shape index (κ2) is 29.4. The van der Waals surface area contributed by atoms with Gasteiger partial charge in [-0.2, -0.15) is 15.3 Å². The third-order valence-electron chi connectivity index (χ3n) is 16.7. The van der Waals surface area contributed by atoms with Gasteiger partial charge in [0.2, 0.25) is 0 Å². The number of nitrogens with two attached hydrogens (primary N) is 2. The first kappa shape index (κ1) is 65.7. The van der Waals surface area contributed by atoms with Crippen molar-refractivity contribution >= 4 is 109 Å². The van der Waals surface area contributed by atoms with Crippen LogP contribution < -0.4 is 32.7 Å². The van der Waals surface area contributed by atoms with Gasteiger partial charge in [-0.05, 0) is 216 Å². The summed E-state index contributed by atoms with van der Waals surface area (Å²) in [4.78, 5) is 17.6. The number of hydrogen-bond donors (Lipinski definition) is 10. The minimum atomic E-state index is -0.158. The van der Waals surface area contributed by atoms with Crippen LogP contribution in [0.15, 0.2) is 77.7 Å². The van der Waals surface area contributed by atoms with Crippen molar-refractivity contribution in [3.63, 3.8) is 0 Å². The topological polar surface area (TPSA) is 282 Å². The summed E-state index contributed by atoms with van der Waals surface area (Å²) in [6, 6.07) is 19.7. The highest BCUT2D eigenvalue weighted by molar-refractivity contribution is 9.10. The normalized spacial score (nSPS) is 23.2. The molecule has 11 heterocycles. The fourth-order valence-electron chi connectivity index (χ4n) is 12.2. The number of aliphatic hydroxyl groups excluding tert-OH is 3. The van der Waals surface area contributed by atoms with E-state index in [1.165, 1.54) is 12.8 Å². The molecule has 2 saturated heterocycles. The number of aliphatic hydroxyl groups is 3. The number of halogens is 1. The molecule has 20 nitrogen and oxygen atoms in total. The first-order chi connectivity index (χ1) is 43.2. The van der Waals surface area contributed by atoms with Gasteiger partial charge in [-0.25, -0.2) is 24.3 Å². The van der Waals surface area contributed by atoms with Gasteiger partial charge < -0.3 is 57.5 Å². The SMILES string of the molecule is CC(C)(C)Nc1cc(Br)c2sc(-c3ccnn3C3CCCCO3)cc2n1.CC(C)(C)Nc1cc(NC2CCC(O)CC2)c2sc(-c3ccnn3C3CCCCO3)cc2n1.NC1CCC(O)CC1.Nc1cc(NC2CCC(O)CC2)c2sc(-c3ccn[nH]3)cc2n1. The molecule has 2 aliphatic heterocycles. The molecule has 3 saturated carbocycles. The fourth-order valence-corrected chi connectivity index (χ4v) is 16.1. The summed E-state index contributed by atoms with van der Waals surface area (Å²) in [6.07, 6.45) is 22.9. The second-order valence-corrected chi connectivity index (χ2v) is 30.7. The van der Waals surface area contributed by atoms with E-state index in [4.69, 9.17) is 36.0 Å². The van der Waals surface area contributed by atoms with Gasteiger partial charge in [-0.1, -0.05) is 0 Å². The monoisotopic (exact) mass is 1350 g/mol. The van der Waals surface area contributed by atoms with E-state index < -0.39 is 0 Å². The molecule has 12 N–H and O–H groups in total. The van der Waals surface area contributed by atoms with E-state index in [1.54, 1.807) is 40.2 Å². The van der Waals surface area contributed by atoms with Crippen molar-refractivity contribution in [2.75, 3.05) is 40.2 Å².